The highest BCUT2D eigenvalue weighted by atomic mass is 16.1. The van der Waals surface area contributed by atoms with Gasteiger partial charge in [0.05, 0.1) is 0 Å². The molecular weight excluding hydrogens is 240 g/mol. The van der Waals surface area contributed by atoms with E-state index in [9.17, 15) is 4.79 Å². The molecule has 0 bridgehead atoms. The number of hydrogen-bond donors (Lipinski definition) is 3. The monoisotopic (exact) mass is 262 g/mol. The lowest BCUT2D eigenvalue weighted by molar-refractivity contribution is 0.0995. The minimum Gasteiger partial charge on any atom is -0.385 e. The van der Waals surface area contributed by atoms with Gasteiger partial charge in [-0.3, -0.25) is 9.78 Å². The Morgan fingerprint density at radius 2 is 2.11 bits per heavy atom. The van der Waals surface area contributed by atoms with E-state index >= 15 is 0 Å². The molecule has 5 N–H and O–H groups in total. The summed E-state index contributed by atoms with van der Waals surface area (Å²) in [5.74, 6) is 0.726. The van der Waals surface area contributed by atoms with Crippen LogP contribution in [0, 0.1) is 11.8 Å². The number of nitrogens with one attached hydrogen (secondary N) is 1. The fourth-order valence-corrected chi connectivity index (χ4v) is 2.79. The molecule has 1 saturated carbocycles. The number of primary amides is 1. The molecule has 1 aromatic rings. The van der Waals surface area contributed by atoms with E-state index in [4.69, 9.17) is 11.5 Å². The van der Waals surface area contributed by atoms with Crippen molar-refractivity contribution >= 4 is 11.6 Å². The van der Waals surface area contributed by atoms with Gasteiger partial charge >= 0.3 is 0 Å². The summed E-state index contributed by atoms with van der Waals surface area (Å²) in [6, 6.07) is 3.55. The third-order valence-corrected chi connectivity index (χ3v) is 3.95. The van der Waals surface area contributed by atoms with Gasteiger partial charge in [-0.05, 0) is 43.4 Å². The van der Waals surface area contributed by atoms with E-state index in [1.54, 1.807) is 12.3 Å². The fourth-order valence-electron chi connectivity index (χ4n) is 2.79. The minimum absolute atomic E-state index is 0.295. The van der Waals surface area contributed by atoms with Crippen molar-refractivity contribution in [3.8, 4) is 0 Å². The molecule has 2 rings (SSSR count). The smallest absolute Gasteiger partial charge is 0.267 e. The number of hydrogen-bond acceptors (Lipinski definition) is 4. The quantitative estimate of drug-likeness (QED) is 0.746. The number of rotatable bonds is 5. The van der Waals surface area contributed by atoms with E-state index in [1.165, 1.54) is 25.7 Å². The molecule has 104 valence electrons. The van der Waals surface area contributed by atoms with Crippen molar-refractivity contribution in [2.24, 2.45) is 23.3 Å². The molecule has 0 spiro atoms. The third kappa shape index (κ3) is 3.67. The van der Waals surface area contributed by atoms with Crippen LogP contribution in [0.15, 0.2) is 18.3 Å². The van der Waals surface area contributed by atoms with Gasteiger partial charge < -0.3 is 16.8 Å². The lowest BCUT2D eigenvalue weighted by Crippen LogP contribution is -2.31. The Bertz CT molecular complexity index is 435. The van der Waals surface area contributed by atoms with Crippen LogP contribution in [-0.4, -0.2) is 24.0 Å². The summed E-state index contributed by atoms with van der Waals surface area (Å²) in [6.45, 7) is 1.65. The Morgan fingerprint density at radius 3 is 2.79 bits per heavy atom. The summed E-state index contributed by atoms with van der Waals surface area (Å²) in [5.41, 5.74) is 12.2. The minimum atomic E-state index is -0.499. The van der Waals surface area contributed by atoms with Gasteiger partial charge in [-0.2, -0.15) is 0 Å². The molecule has 2 atom stereocenters. The summed E-state index contributed by atoms with van der Waals surface area (Å²) in [5, 5.41) is 3.37. The van der Waals surface area contributed by atoms with E-state index in [1.807, 2.05) is 6.07 Å². The topological polar surface area (TPSA) is 94.0 Å². The molecule has 1 amide bonds. The number of aromatic nitrogens is 1. The first kappa shape index (κ1) is 13.8. The first-order valence-electron chi connectivity index (χ1n) is 6.90. The van der Waals surface area contributed by atoms with Crippen LogP contribution in [0.2, 0.25) is 0 Å². The van der Waals surface area contributed by atoms with E-state index in [0.29, 0.717) is 17.5 Å². The van der Waals surface area contributed by atoms with Gasteiger partial charge in [0.1, 0.15) is 5.69 Å². The predicted molar refractivity (Wildman–Crippen MR) is 75.7 cm³/mol. The van der Waals surface area contributed by atoms with Crippen molar-refractivity contribution in [1.29, 1.82) is 0 Å². The van der Waals surface area contributed by atoms with Crippen molar-refractivity contribution in [3.63, 3.8) is 0 Å². The highest BCUT2D eigenvalue weighted by Gasteiger charge is 2.23. The molecule has 1 heterocycles. The molecule has 2 unspecified atom stereocenters. The van der Waals surface area contributed by atoms with Crippen molar-refractivity contribution in [2.75, 3.05) is 18.4 Å². The average Bonchev–Trinajstić information content (AvgIpc) is 2.45. The lowest BCUT2D eigenvalue weighted by atomic mass is 9.79. The van der Waals surface area contributed by atoms with Crippen LogP contribution in [-0.2, 0) is 0 Å². The van der Waals surface area contributed by atoms with Gasteiger partial charge in [0, 0.05) is 18.4 Å². The van der Waals surface area contributed by atoms with Gasteiger partial charge in [-0.15, -0.1) is 0 Å². The molecule has 1 aromatic heterocycles. The van der Waals surface area contributed by atoms with Crippen LogP contribution in [0.4, 0.5) is 5.69 Å². The zero-order chi connectivity index (χ0) is 13.7. The van der Waals surface area contributed by atoms with Crippen LogP contribution in [0.3, 0.4) is 0 Å². The van der Waals surface area contributed by atoms with E-state index in [2.05, 4.69) is 10.3 Å². The van der Waals surface area contributed by atoms with Crippen molar-refractivity contribution in [2.45, 2.75) is 25.7 Å². The molecule has 0 radical (unpaired) electrons. The van der Waals surface area contributed by atoms with Crippen molar-refractivity contribution < 1.29 is 4.79 Å². The Labute approximate surface area is 113 Å². The number of nitrogens with zero attached hydrogens (tertiary/aromatic N) is 1. The van der Waals surface area contributed by atoms with Crippen LogP contribution in [0.5, 0.6) is 0 Å². The Kier molecular flexibility index (Phi) is 4.74. The first-order valence-corrected chi connectivity index (χ1v) is 6.90. The molecule has 1 fully saturated rings. The average molecular weight is 262 g/mol. The van der Waals surface area contributed by atoms with E-state index < -0.39 is 5.91 Å². The molecule has 5 nitrogen and oxygen atoms in total. The molecule has 1 aliphatic rings. The van der Waals surface area contributed by atoms with Crippen molar-refractivity contribution in [3.05, 3.63) is 24.0 Å². The van der Waals surface area contributed by atoms with Crippen LogP contribution < -0.4 is 16.8 Å². The van der Waals surface area contributed by atoms with Crippen LogP contribution >= 0.6 is 0 Å². The van der Waals surface area contributed by atoms with Gasteiger partial charge in [0.15, 0.2) is 0 Å². The molecular formula is C14H22N4O. The summed E-state index contributed by atoms with van der Waals surface area (Å²) in [7, 11) is 0. The maximum atomic E-state index is 11.1. The summed E-state index contributed by atoms with van der Waals surface area (Å²) in [4.78, 5) is 15.0. The standard InChI is InChI=1S/C14H22N4O/c15-8-10-3-1-2-4-11(10)9-18-12-5-6-17-13(7-12)14(16)19/h5-7,10-11H,1-4,8-9,15H2,(H2,16,19)(H,17,18). The van der Waals surface area contributed by atoms with Crippen LogP contribution in [0.25, 0.3) is 0 Å². The fraction of sp³-hybridized carbons (Fsp3) is 0.571. The second kappa shape index (κ2) is 6.52. The maximum Gasteiger partial charge on any atom is 0.267 e. The normalized spacial score (nSPS) is 23.0. The SMILES string of the molecule is NCC1CCCCC1CNc1ccnc(C(N)=O)c1. The zero-order valence-corrected chi connectivity index (χ0v) is 11.1. The lowest BCUT2D eigenvalue weighted by Gasteiger charge is -2.31. The van der Waals surface area contributed by atoms with E-state index in [0.717, 1.165) is 18.8 Å². The summed E-state index contributed by atoms with van der Waals surface area (Å²) < 4.78 is 0. The number of nitrogens with two attached hydrogens (primary N) is 2. The molecule has 0 aliphatic heterocycles. The first-order chi connectivity index (χ1) is 9.20. The second-order valence-electron chi connectivity index (χ2n) is 5.22. The number of carbonyl (C=O) groups excluding carboxylic acids is 1. The van der Waals surface area contributed by atoms with Gasteiger partial charge in [0.2, 0.25) is 0 Å². The van der Waals surface area contributed by atoms with E-state index in [-0.39, 0.29) is 0 Å². The number of carbonyl (C=O) groups is 1. The van der Waals surface area contributed by atoms with Crippen LogP contribution in [0.1, 0.15) is 36.2 Å². The summed E-state index contributed by atoms with van der Waals surface area (Å²) >= 11 is 0. The maximum absolute atomic E-state index is 11.1. The number of amides is 1. The molecule has 0 aromatic carbocycles. The Hall–Kier alpha value is -1.62. The Morgan fingerprint density at radius 1 is 1.37 bits per heavy atom. The second-order valence-corrected chi connectivity index (χ2v) is 5.22. The zero-order valence-electron chi connectivity index (χ0n) is 11.1. The van der Waals surface area contributed by atoms with Gasteiger partial charge in [-0.1, -0.05) is 12.8 Å². The largest absolute Gasteiger partial charge is 0.385 e. The molecule has 0 saturated heterocycles. The predicted octanol–water partition coefficient (Wildman–Crippen LogP) is 1.36. The third-order valence-electron chi connectivity index (χ3n) is 3.95. The highest BCUT2D eigenvalue weighted by Crippen LogP contribution is 2.29. The van der Waals surface area contributed by atoms with Gasteiger partial charge in [-0.25, -0.2) is 0 Å². The molecule has 5 heteroatoms. The molecule has 19 heavy (non-hydrogen) atoms. The van der Waals surface area contributed by atoms with Crippen molar-refractivity contribution in [1.82, 2.24) is 4.98 Å². The molecule has 1 aliphatic carbocycles. The number of anilines is 1. The Balaban J connectivity index is 1.94. The summed E-state index contributed by atoms with van der Waals surface area (Å²) in [6.07, 6.45) is 6.63. The highest BCUT2D eigenvalue weighted by molar-refractivity contribution is 5.91. The number of pyridine rings is 1. The van der Waals surface area contributed by atoms with Gasteiger partial charge in [0.25, 0.3) is 5.91 Å².